The van der Waals surface area contributed by atoms with Crippen LogP contribution in [0.25, 0.3) is 0 Å². The topological polar surface area (TPSA) is 60.4 Å². The monoisotopic (exact) mass is 217 g/mol. The van der Waals surface area contributed by atoms with Crippen LogP contribution >= 0.6 is 0 Å². The van der Waals surface area contributed by atoms with E-state index in [0.29, 0.717) is 13.0 Å². The number of aliphatic hydroxyl groups is 1. The molecule has 90 valence electrons. The summed E-state index contributed by atoms with van der Waals surface area (Å²) in [6.07, 6.45) is -0.302. The lowest BCUT2D eigenvalue weighted by atomic mass is 10.1. The Hall–Kier alpha value is -0.610. The highest BCUT2D eigenvalue weighted by atomic mass is 16.4. The van der Waals surface area contributed by atoms with E-state index >= 15 is 0 Å². The van der Waals surface area contributed by atoms with Gasteiger partial charge >= 0.3 is 0 Å². The summed E-state index contributed by atoms with van der Waals surface area (Å²) in [7, 11) is 0. The maximum Gasteiger partial charge on any atom is 0.105 e. The highest BCUT2D eigenvalue weighted by molar-refractivity contribution is 5.64. The van der Waals surface area contributed by atoms with Crippen molar-refractivity contribution in [3.63, 3.8) is 0 Å². The van der Waals surface area contributed by atoms with Crippen molar-refractivity contribution in [3.8, 4) is 0 Å². The van der Waals surface area contributed by atoms with Crippen LogP contribution in [0.1, 0.15) is 33.6 Å². The average molecular weight is 217 g/mol. The molecule has 0 aliphatic carbocycles. The van der Waals surface area contributed by atoms with Crippen molar-refractivity contribution in [1.82, 2.24) is 0 Å². The van der Waals surface area contributed by atoms with Gasteiger partial charge in [-0.15, -0.1) is 0 Å². The molecule has 0 aromatic rings. The number of carbonyl (C=O) groups excluding carboxylic acids is 1. The van der Waals surface area contributed by atoms with Crippen molar-refractivity contribution in [2.75, 3.05) is 26.2 Å². The zero-order chi connectivity index (χ0) is 11.9. The van der Waals surface area contributed by atoms with Crippen molar-refractivity contribution in [3.05, 3.63) is 0 Å². The molecule has 1 atom stereocenters. The number of quaternary nitrogens is 1. The van der Waals surface area contributed by atoms with Gasteiger partial charge in [0.05, 0.1) is 19.6 Å². The number of carboxylic acids is 1. The van der Waals surface area contributed by atoms with E-state index in [-0.39, 0.29) is 6.42 Å². The van der Waals surface area contributed by atoms with E-state index in [1.807, 2.05) is 0 Å². The summed E-state index contributed by atoms with van der Waals surface area (Å²) >= 11 is 0. The lowest BCUT2D eigenvalue weighted by molar-refractivity contribution is -0.926. The van der Waals surface area contributed by atoms with Crippen LogP contribution in [0.3, 0.4) is 0 Å². The third-order valence-corrected chi connectivity index (χ3v) is 3.29. The minimum Gasteiger partial charge on any atom is -0.550 e. The molecule has 4 nitrogen and oxygen atoms in total. The average Bonchev–Trinajstić information content (AvgIpc) is 2.23. The quantitative estimate of drug-likeness (QED) is 0.571. The van der Waals surface area contributed by atoms with Crippen molar-refractivity contribution in [1.29, 1.82) is 0 Å². The summed E-state index contributed by atoms with van der Waals surface area (Å²) in [6.45, 7) is 9.83. The Bertz CT molecular complexity index is 182. The van der Waals surface area contributed by atoms with Gasteiger partial charge in [0.25, 0.3) is 0 Å². The predicted molar refractivity (Wildman–Crippen MR) is 57.0 cm³/mol. The predicted octanol–water partition coefficient (Wildman–Crippen LogP) is -0.246. The SMILES string of the molecule is CC[N+](CC)(CC)CC(O)CCC(=O)[O-]. The molecule has 0 saturated heterocycles. The molecule has 0 heterocycles. The van der Waals surface area contributed by atoms with E-state index in [4.69, 9.17) is 0 Å². The highest BCUT2D eigenvalue weighted by Crippen LogP contribution is 2.10. The van der Waals surface area contributed by atoms with Crippen molar-refractivity contribution < 1.29 is 19.5 Å². The van der Waals surface area contributed by atoms with Crippen LogP contribution in [0, 0.1) is 0 Å². The van der Waals surface area contributed by atoms with Gasteiger partial charge in [-0.05, 0) is 33.6 Å². The van der Waals surface area contributed by atoms with Gasteiger partial charge in [-0.3, -0.25) is 0 Å². The van der Waals surface area contributed by atoms with E-state index in [2.05, 4.69) is 20.8 Å². The van der Waals surface area contributed by atoms with Gasteiger partial charge in [-0.1, -0.05) is 0 Å². The van der Waals surface area contributed by atoms with Crippen molar-refractivity contribution in [2.45, 2.75) is 39.7 Å². The molecule has 0 spiro atoms. The number of aliphatic carboxylic acids is 1. The van der Waals surface area contributed by atoms with Gasteiger partial charge in [-0.2, -0.15) is 0 Å². The van der Waals surface area contributed by atoms with Crippen LogP contribution < -0.4 is 5.11 Å². The Morgan fingerprint density at radius 1 is 1.27 bits per heavy atom. The fourth-order valence-electron chi connectivity index (χ4n) is 1.88. The first-order chi connectivity index (χ1) is 6.99. The molecule has 0 fully saturated rings. The standard InChI is InChI=1S/C11H23NO3/c1-4-12(5-2,6-3)9-10(13)7-8-11(14)15/h10,13H,4-9H2,1-3H3. The van der Waals surface area contributed by atoms with Gasteiger partial charge < -0.3 is 19.5 Å². The smallest absolute Gasteiger partial charge is 0.105 e. The summed E-state index contributed by atoms with van der Waals surface area (Å²) in [5, 5.41) is 20.0. The van der Waals surface area contributed by atoms with Crippen molar-refractivity contribution in [2.24, 2.45) is 0 Å². The maximum absolute atomic E-state index is 10.3. The minimum atomic E-state index is -1.09. The first-order valence-electron chi connectivity index (χ1n) is 5.72. The minimum absolute atomic E-state index is 0.0572. The second kappa shape index (κ2) is 6.80. The van der Waals surface area contributed by atoms with E-state index in [1.54, 1.807) is 0 Å². The molecule has 1 unspecified atom stereocenters. The first kappa shape index (κ1) is 14.4. The lowest BCUT2D eigenvalue weighted by Crippen LogP contribution is -2.51. The van der Waals surface area contributed by atoms with Crippen molar-refractivity contribution >= 4 is 5.97 Å². The zero-order valence-electron chi connectivity index (χ0n) is 10.0. The Balaban J connectivity index is 4.10. The molecule has 0 amide bonds. The van der Waals surface area contributed by atoms with Gasteiger partial charge in [0.1, 0.15) is 12.6 Å². The summed E-state index contributed by atoms with van der Waals surface area (Å²) in [5.41, 5.74) is 0. The Morgan fingerprint density at radius 3 is 2.07 bits per heavy atom. The number of aliphatic hydroxyl groups excluding tert-OH is 1. The molecule has 1 N–H and O–H groups in total. The number of hydrogen-bond donors (Lipinski definition) is 1. The second-order valence-corrected chi connectivity index (χ2v) is 4.04. The number of carbonyl (C=O) groups is 1. The summed E-state index contributed by atoms with van der Waals surface area (Å²) in [5.74, 6) is -1.09. The molecule has 0 saturated carbocycles. The van der Waals surface area contributed by atoms with Crippen LogP contribution in [0.15, 0.2) is 0 Å². The van der Waals surface area contributed by atoms with Gasteiger partial charge in [0, 0.05) is 5.97 Å². The maximum atomic E-state index is 10.3. The molecule has 0 aliphatic heterocycles. The fraction of sp³-hybridized carbons (Fsp3) is 0.909. The van der Waals surface area contributed by atoms with Crippen LogP contribution in [0.5, 0.6) is 0 Å². The second-order valence-electron chi connectivity index (χ2n) is 4.04. The van der Waals surface area contributed by atoms with Crippen LogP contribution in [0.2, 0.25) is 0 Å². The van der Waals surface area contributed by atoms with E-state index in [0.717, 1.165) is 24.1 Å². The Kier molecular flexibility index (Phi) is 6.52. The van der Waals surface area contributed by atoms with E-state index < -0.39 is 12.1 Å². The number of hydrogen-bond acceptors (Lipinski definition) is 3. The first-order valence-corrected chi connectivity index (χ1v) is 5.72. The Labute approximate surface area is 92.1 Å². The van der Waals surface area contributed by atoms with Crippen LogP contribution in [-0.4, -0.2) is 47.8 Å². The highest BCUT2D eigenvalue weighted by Gasteiger charge is 2.24. The third kappa shape index (κ3) is 5.14. The lowest BCUT2D eigenvalue weighted by Gasteiger charge is -2.37. The largest absolute Gasteiger partial charge is 0.550 e. The third-order valence-electron chi connectivity index (χ3n) is 3.29. The summed E-state index contributed by atoms with van der Waals surface area (Å²) in [6, 6.07) is 0. The van der Waals surface area contributed by atoms with Gasteiger partial charge in [-0.25, -0.2) is 0 Å². The summed E-state index contributed by atoms with van der Waals surface area (Å²) < 4.78 is 0.841. The molecule has 0 bridgehead atoms. The van der Waals surface area contributed by atoms with Crippen LogP contribution in [-0.2, 0) is 4.79 Å². The molecule has 0 radical (unpaired) electrons. The molecule has 15 heavy (non-hydrogen) atoms. The number of likely N-dealkylation sites (N-methyl/N-ethyl adjacent to an activating group) is 1. The van der Waals surface area contributed by atoms with Crippen LogP contribution in [0.4, 0.5) is 0 Å². The number of carboxylic acid groups (broad SMARTS) is 1. The molecule has 0 rings (SSSR count). The molecular formula is C11H23NO3. The summed E-state index contributed by atoms with van der Waals surface area (Å²) in [4.78, 5) is 10.3. The van der Waals surface area contributed by atoms with E-state index in [9.17, 15) is 15.0 Å². The number of rotatable bonds is 8. The Morgan fingerprint density at radius 2 is 1.73 bits per heavy atom. The fourth-order valence-corrected chi connectivity index (χ4v) is 1.88. The molecule has 0 aromatic heterocycles. The molecular weight excluding hydrogens is 194 g/mol. The molecule has 4 heteroatoms. The normalized spacial score (nSPS) is 13.9. The zero-order valence-corrected chi connectivity index (χ0v) is 10.0. The van der Waals surface area contributed by atoms with E-state index in [1.165, 1.54) is 0 Å². The van der Waals surface area contributed by atoms with Gasteiger partial charge in [0.2, 0.25) is 0 Å². The molecule has 0 aromatic carbocycles. The molecule has 0 aliphatic rings. The number of nitrogens with zero attached hydrogens (tertiary/aromatic N) is 1. The van der Waals surface area contributed by atoms with Gasteiger partial charge in [0.15, 0.2) is 0 Å².